The van der Waals surface area contributed by atoms with Crippen LogP contribution in [0, 0.1) is 0 Å². The first-order valence-electron chi connectivity index (χ1n) is 8.62. The summed E-state index contributed by atoms with van der Waals surface area (Å²) in [5.74, 6) is 2.11. The van der Waals surface area contributed by atoms with Crippen molar-refractivity contribution in [1.29, 1.82) is 0 Å². The first-order valence-corrected chi connectivity index (χ1v) is 8.62. The Morgan fingerprint density at radius 1 is 1.23 bits per heavy atom. The SMILES string of the molecule is CCc1ccc(CNCC(C)(C)N2CCC(N(C)C)CC2)o1. The Bertz CT molecular complexity index is 445. The second-order valence-electron chi connectivity index (χ2n) is 7.32. The molecule has 4 nitrogen and oxygen atoms in total. The molecule has 1 aromatic rings. The van der Waals surface area contributed by atoms with Gasteiger partial charge in [0, 0.05) is 37.6 Å². The zero-order valence-electron chi connectivity index (χ0n) is 15.0. The summed E-state index contributed by atoms with van der Waals surface area (Å²) in [6.45, 7) is 11.0. The lowest BCUT2D eigenvalue weighted by atomic mass is 9.96. The average Bonchev–Trinajstić information content (AvgIpc) is 2.95. The molecule has 2 heterocycles. The lowest BCUT2D eigenvalue weighted by Crippen LogP contribution is -2.55. The molecule has 2 rings (SSSR count). The van der Waals surface area contributed by atoms with Crippen LogP contribution in [0.3, 0.4) is 0 Å². The van der Waals surface area contributed by atoms with E-state index in [0.717, 1.165) is 37.1 Å². The lowest BCUT2D eigenvalue weighted by Gasteiger charge is -2.44. The highest BCUT2D eigenvalue weighted by molar-refractivity contribution is 5.06. The molecule has 0 aliphatic carbocycles. The molecule has 22 heavy (non-hydrogen) atoms. The Morgan fingerprint density at radius 2 is 1.86 bits per heavy atom. The van der Waals surface area contributed by atoms with Gasteiger partial charge in [-0.15, -0.1) is 0 Å². The number of nitrogens with zero attached hydrogens (tertiary/aromatic N) is 2. The quantitative estimate of drug-likeness (QED) is 0.839. The van der Waals surface area contributed by atoms with Crippen LogP contribution >= 0.6 is 0 Å². The van der Waals surface area contributed by atoms with E-state index in [1.54, 1.807) is 0 Å². The molecular formula is C18H33N3O. The summed E-state index contributed by atoms with van der Waals surface area (Å²) in [5, 5.41) is 3.56. The van der Waals surface area contributed by atoms with Gasteiger partial charge in [-0.1, -0.05) is 6.92 Å². The highest BCUT2D eigenvalue weighted by atomic mass is 16.3. The van der Waals surface area contributed by atoms with Gasteiger partial charge in [-0.2, -0.15) is 0 Å². The maximum absolute atomic E-state index is 5.75. The Kier molecular flexibility index (Phi) is 6.07. The minimum atomic E-state index is 0.192. The fourth-order valence-electron chi connectivity index (χ4n) is 3.30. The number of rotatable bonds is 7. The number of nitrogens with one attached hydrogen (secondary N) is 1. The van der Waals surface area contributed by atoms with E-state index in [9.17, 15) is 0 Å². The van der Waals surface area contributed by atoms with Crippen LogP contribution in [0.2, 0.25) is 0 Å². The molecule has 1 aromatic heterocycles. The van der Waals surface area contributed by atoms with E-state index in [1.165, 1.54) is 25.9 Å². The van der Waals surface area contributed by atoms with Gasteiger partial charge in [-0.25, -0.2) is 0 Å². The molecule has 1 N–H and O–H groups in total. The predicted molar refractivity (Wildman–Crippen MR) is 92.2 cm³/mol. The molecular weight excluding hydrogens is 274 g/mol. The van der Waals surface area contributed by atoms with Crippen molar-refractivity contribution < 1.29 is 4.42 Å². The molecule has 0 amide bonds. The standard InChI is InChI=1S/C18H33N3O/c1-6-16-7-8-17(22-16)13-19-14-18(2,3)21-11-9-15(10-12-21)20(4)5/h7-8,15,19H,6,9-14H2,1-5H3. The minimum Gasteiger partial charge on any atom is -0.465 e. The molecule has 1 saturated heterocycles. The largest absolute Gasteiger partial charge is 0.465 e. The number of hydrogen-bond donors (Lipinski definition) is 1. The molecule has 0 aromatic carbocycles. The zero-order chi connectivity index (χ0) is 16.2. The van der Waals surface area contributed by atoms with E-state index in [-0.39, 0.29) is 5.54 Å². The first-order chi connectivity index (χ1) is 10.4. The Hall–Kier alpha value is -0.840. The molecule has 1 aliphatic rings. The van der Waals surface area contributed by atoms with Crippen LogP contribution in [-0.2, 0) is 13.0 Å². The third-order valence-electron chi connectivity index (χ3n) is 4.97. The second kappa shape index (κ2) is 7.62. The minimum absolute atomic E-state index is 0.192. The van der Waals surface area contributed by atoms with Crippen molar-refractivity contribution in [3.05, 3.63) is 23.7 Å². The normalized spacial score (nSPS) is 18.3. The van der Waals surface area contributed by atoms with E-state index in [2.05, 4.69) is 62.1 Å². The van der Waals surface area contributed by atoms with Crippen molar-refractivity contribution in [1.82, 2.24) is 15.1 Å². The van der Waals surface area contributed by atoms with Gasteiger partial charge in [0.1, 0.15) is 11.5 Å². The molecule has 0 saturated carbocycles. The van der Waals surface area contributed by atoms with Crippen molar-refractivity contribution in [2.45, 2.75) is 58.2 Å². The molecule has 1 fully saturated rings. The van der Waals surface area contributed by atoms with E-state index in [0.29, 0.717) is 0 Å². The topological polar surface area (TPSA) is 31.6 Å². The molecule has 0 radical (unpaired) electrons. The van der Waals surface area contributed by atoms with E-state index in [1.807, 2.05) is 0 Å². The van der Waals surface area contributed by atoms with Crippen LogP contribution in [0.15, 0.2) is 16.5 Å². The third-order valence-corrected chi connectivity index (χ3v) is 4.97. The number of furan rings is 1. The summed E-state index contributed by atoms with van der Waals surface area (Å²) in [6.07, 6.45) is 3.51. The smallest absolute Gasteiger partial charge is 0.117 e. The van der Waals surface area contributed by atoms with Crippen LogP contribution < -0.4 is 5.32 Å². The van der Waals surface area contributed by atoms with Gasteiger partial charge in [0.05, 0.1) is 6.54 Å². The monoisotopic (exact) mass is 307 g/mol. The molecule has 0 atom stereocenters. The van der Waals surface area contributed by atoms with Gasteiger partial charge in [-0.05, 0) is 52.9 Å². The molecule has 0 unspecified atom stereocenters. The molecule has 1 aliphatic heterocycles. The van der Waals surface area contributed by atoms with Crippen molar-refractivity contribution in [2.24, 2.45) is 0 Å². The lowest BCUT2D eigenvalue weighted by molar-refractivity contribution is 0.0614. The van der Waals surface area contributed by atoms with Gasteiger partial charge in [0.25, 0.3) is 0 Å². The van der Waals surface area contributed by atoms with Crippen molar-refractivity contribution in [3.63, 3.8) is 0 Å². The van der Waals surface area contributed by atoms with Crippen molar-refractivity contribution in [3.8, 4) is 0 Å². The van der Waals surface area contributed by atoms with Gasteiger partial charge in [-0.3, -0.25) is 4.90 Å². The van der Waals surface area contributed by atoms with Crippen molar-refractivity contribution in [2.75, 3.05) is 33.7 Å². The fraction of sp³-hybridized carbons (Fsp3) is 0.778. The fourth-order valence-corrected chi connectivity index (χ4v) is 3.30. The summed E-state index contributed by atoms with van der Waals surface area (Å²) in [5.41, 5.74) is 0.192. The molecule has 4 heteroatoms. The van der Waals surface area contributed by atoms with E-state index in [4.69, 9.17) is 4.42 Å². The molecule has 0 spiro atoms. The van der Waals surface area contributed by atoms with Crippen LogP contribution in [0.5, 0.6) is 0 Å². The van der Waals surface area contributed by atoms with Gasteiger partial charge in [0.2, 0.25) is 0 Å². The maximum atomic E-state index is 5.75. The number of hydrogen-bond acceptors (Lipinski definition) is 4. The molecule has 126 valence electrons. The van der Waals surface area contributed by atoms with Crippen LogP contribution in [0.1, 0.15) is 45.1 Å². The summed E-state index contributed by atoms with van der Waals surface area (Å²) in [7, 11) is 4.39. The highest BCUT2D eigenvalue weighted by Gasteiger charge is 2.30. The number of likely N-dealkylation sites (tertiary alicyclic amines) is 1. The van der Waals surface area contributed by atoms with Crippen LogP contribution in [-0.4, -0.2) is 55.1 Å². The maximum Gasteiger partial charge on any atom is 0.117 e. The predicted octanol–water partition coefficient (Wildman–Crippen LogP) is 2.74. The Morgan fingerprint density at radius 3 is 2.41 bits per heavy atom. The van der Waals surface area contributed by atoms with E-state index >= 15 is 0 Å². The summed E-state index contributed by atoms with van der Waals surface area (Å²) >= 11 is 0. The Labute approximate surface area is 135 Å². The number of aryl methyl sites for hydroxylation is 1. The summed E-state index contributed by atoms with van der Waals surface area (Å²) < 4.78 is 5.75. The first kappa shape index (κ1) is 17.5. The zero-order valence-corrected chi connectivity index (χ0v) is 15.0. The van der Waals surface area contributed by atoms with Gasteiger partial charge < -0.3 is 14.6 Å². The average molecular weight is 307 g/mol. The summed E-state index contributed by atoms with van der Waals surface area (Å²) in [6, 6.07) is 4.91. The van der Waals surface area contributed by atoms with Gasteiger partial charge in [0.15, 0.2) is 0 Å². The van der Waals surface area contributed by atoms with Crippen LogP contribution in [0.25, 0.3) is 0 Å². The number of piperidine rings is 1. The van der Waals surface area contributed by atoms with Crippen LogP contribution in [0.4, 0.5) is 0 Å². The highest BCUT2D eigenvalue weighted by Crippen LogP contribution is 2.22. The van der Waals surface area contributed by atoms with Crippen molar-refractivity contribution >= 4 is 0 Å². The molecule has 0 bridgehead atoms. The second-order valence-corrected chi connectivity index (χ2v) is 7.32. The third kappa shape index (κ3) is 4.58. The van der Waals surface area contributed by atoms with Gasteiger partial charge >= 0.3 is 0 Å². The van der Waals surface area contributed by atoms with E-state index < -0.39 is 0 Å². The summed E-state index contributed by atoms with van der Waals surface area (Å²) in [4.78, 5) is 4.99. The Balaban J connectivity index is 1.76.